The summed E-state index contributed by atoms with van der Waals surface area (Å²) < 4.78 is 7.29. The summed E-state index contributed by atoms with van der Waals surface area (Å²) in [7, 11) is 0. The summed E-state index contributed by atoms with van der Waals surface area (Å²) in [6, 6.07) is 31.3. The molecule has 0 spiro atoms. The highest BCUT2D eigenvalue weighted by atomic mass is 16.3. The van der Waals surface area contributed by atoms with Crippen LogP contribution in [0, 0.1) is 20.8 Å². The van der Waals surface area contributed by atoms with Crippen molar-refractivity contribution in [2.45, 2.75) is 150 Å². The van der Waals surface area contributed by atoms with Gasteiger partial charge >= 0.3 is 0 Å². The molecule has 0 N–H and O–H groups in total. The fraction of sp³-hybridized carbons (Fsp3) is 0.418. The average Bonchev–Trinajstić information content (AvgIpc) is 3.53. The summed E-state index contributed by atoms with van der Waals surface area (Å²) in [6.45, 7) is 33.4. The maximum atomic E-state index is 7.29. The van der Waals surface area contributed by atoms with Gasteiger partial charge in [-0.1, -0.05) is 118 Å². The predicted molar refractivity (Wildman–Crippen MR) is 254 cm³/mol. The first-order valence-corrected chi connectivity index (χ1v) is 22.3. The van der Waals surface area contributed by atoms with Gasteiger partial charge in [-0.15, -0.1) is 0 Å². The smallest absolute Gasteiger partial charge is 0.297 e. The van der Waals surface area contributed by atoms with Gasteiger partial charge in [-0.3, -0.25) is 0 Å². The second-order valence-corrected chi connectivity index (χ2v) is 22.6. The number of aryl methyl sites for hydroxylation is 3. The quantitative estimate of drug-likeness (QED) is 0.163. The first-order valence-electron chi connectivity index (χ1n) is 22.3. The summed E-state index contributed by atoms with van der Waals surface area (Å²) in [5.74, 6) is 0. The molecule has 4 aliphatic rings. The van der Waals surface area contributed by atoms with E-state index in [4.69, 9.17) is 4.42 Å². The third-order valence-corrected chi connectivity index (χ3v) is 15.3. The number of benzene rings is 5. The molecule has 3 heterocycles. The molecule has 1 aromatic heterocycles. The summed E-state index contributed by atoms with van der Waals surface area (Å²) in [4.78, 5) is 5.28. The summed E-state index contributed by atoms with van der Waals surface area (Å²) in [5, 5.41) is 1.18. The Hall–Kier alpha value is -4.70. The molecule has 10 rings (SSSR count). The normalized spacial score (nSPS) is 19.2. The molecule has 2 aliphatic heterocycles. The van der Waals surface area contributed by atoms with Gasteiger partial charge in [0.15, 0.2) is 0 Å². The molecule has 0 amide bonds. The number of hydrogen-bond donors (Lipinski definition) is 0. The van der Waals surface area contributed by atoms with Crippen molar-refractivity contribution in [3.63, 3.8) is 0 Å². The van der Waals surface area contributed by atoms with Crippen molar-refractivity contribution < 1.29 is 4.42 Å². The van der Waals surface area contributed by atoms with Crippen molar-refractivity contribution in [2.24, 2.45) is 0 Å². The SMILES string of the molecule is Cc1cc2c3c(c1)N(c1ccc(C(C)(C)C)cc1C)c1c(oc4ccc(C)cc14)B3c1ccc3c(c1N2c1ccc2c(c1)C(C)(C)CCC2(C)C)C(C)(C)CCC3(C)C. The molecule has 6 aromatic rings. The number of hydrogen-bond acceptors (Lipinski definition) is 3. The Morgan fingerprint density at radius 2 is 1.19 bits per heavy atom. The molecule has 4 heteroatoms. The molecule has 0 bridgehead atoms. The number of fused-ring (bicyclic) bond motifs is 9. The van der Waals surface area contributed by atoms with Crippen LogP contribution >= 0.6 is 0 Å². The number of anilines is 6. The molecule has 5 aromatic carbocycles. The zero-order chi connectivity index (χ0) is 41.9. The minimum absolute atomic E-state index is 0.0193. The third-order valence-electron chi connectivity index (χ3n) is 15.3. The van der Waals surface area contributed by atoms with E-state index in [1.807, 2.05) is 0 Å². The van der Waals surface area contributed by atoms with E-state index in [0.29, 0.717) is 0 Å². The van der Waals surface area contributed by atoms with Crippen LogP contribution in [0.25, 0.3) is 11.0 Å². The molecule has 3 nitrogen and oxygen atoms in total. The Labute approximate surface area is 354 Å². The second kappa shape index (κ2) is 12.2. The average molecular weight is 779 g/mol. The molecule has 0 saturated carbocycles. The highest BCUT2D eigenvalue weighted by molar-refractivity contribution is 7.00. The minimum Gasteiger partial charge on any atom is -0.468 e. The Kier molecular flexibility index (Phi) is 7.97. The topological polar surface area (TPSA) is 19.6 Å². The Morgan fingerprint density at radius 1 is 0.559 bits per heavy atom. The molecule has 302 valence electrons. The van der Waals surface area contributed by atoms with Crippen LogP contribution in [0.4, 0.5) is 34.1 Å². The van der Waals surface area contributed by atoms with Crippen molar-refractivity contribution in [2.75, 3.05) is 9.80 Å². The van der Waals surface area contributed by atoms with Crippen LogP contribution in [0.3, 0.4) is 0 Å². The van der Waals surface area contributed by atoms with Crippen LogP contribution in [-0.4, -0.2) is 6.71 Å². The van der Waals surface area contributed by atoms with E-state index >= 15 is 0 Å². The number of nitrogens with zero attached hydrogens (tertiary/aromatic N) is 2. The lowest BCUT2D eigenvalue weighted by molar-refractivity contribution is 0.331. The van der Waals surface area contributed by atoms with E-state index in [2.05, 4.69) is 186 Å². The largest absolute Gasteiger partial charge is 0.468 e. The van der Waals surface area contributed by atoms with E-state index in [1.54, 1.807) is 0 Å². The zero-order valence-corrected chi connectivity index (χ0v) is 38.2. The summed E-state index contributed by atoms with van der Waals surface area (Å²) in [6.07, 6.45) is 4.70. The molecule has 0 fully saturated rings. The maximum Gasteiger partial charge on any atom is 0.297 e. The van der Waals surface area contributed by atoms with Gasteiger partial charge in [0.05, 0.1) is 11.3 Å². The Balaban J connectivity index is 1.35. The van der Waals surface area contributed by atoms with E-state index in [1.165, 1.54) is 114 Å². The summed E-state index contributed by atoms with van der Waals surface area (Å²) >= 11 is 0. The van der Waals surface area contributed by atoms with Crippen molar-refractivity contribution >= 4 is 68.4 Å². The van der Waals surface area contributed by atoms with Crippen molar-refractivity contribution in [1.29, 1.82) is 0 Å². The highest BCUT2D eigenvalue weighted by Gasteiger charge is 2.51. The van der Waals surface area contributed by atoms with Crippen molar-refractivity contribution in [1.82, 2.24) is 0 Å². The van der Waals surface area contributed by atoms with Crippen LogP contribution in [0.1, 0.15) is 146 Å². The zero-order valence-electron chi connectivity index (χ0n) is 38.2. The molecular formula is C55H63BN2O. The van der Waals surface area contributed by atoms with Crippen LogP contribution < -0.4 is 26.4 Å². The predicted octanol–water partition coefficient (Wildman–Crippen LogP) is 13.4. The maximum absolute atomic E-state index is 7.29. The Morgan fingerprint density at radius 3 is 1.86 bits per heavy atom. The first-order chi connectivity index (χ1) is 27.6. The molecule has 2 aliphatic carbocycles. The van der Waals surface area contributed by atoms with E-state index < -0.39 is 0 Å². The standard InChI is InChI=1S/C55H63BN2O/c1-32-15-22-45-37(27-32)48-50(59-45)56-41-20-19-39-46(55(13,14)26-25-53(39,9)10)49(41)57(36-17-18-38-40(31-36)54(11,12)24-23-52(38,7)8)43-28-33(2)29-44(47(43)56)58(48)42-21-16-35(30-34(42)3)51(4,5)6/h15-22,27-31H,23-26H2,1-14H3. The van der Waals surface area contributed by atoms with E-state index in [9.17, 15) is 0 Å². The van der Waals surface area contributed by atoms with Gasteiger partial charge in [0.2, 0.25) is 0 Å². The molecule has 0 saturated heterocycles. The van der Waals surface area contributed by atoms with Crippen molar-refractivity contribution in [3.05, 3.63) is 123 Å². The van der Waals surface area contributed by atoms with Crippen LogP contribution in [0.2, 0.25) is 0 Å². The van der Waals surface area contributed by atoms with Gasteiger partial charge in [-0.25, -0.2) is 0 Å². The van der Waals surface area contributed by atoms with Crippen molar-refractivity contribution in [3.8, 4) is 0 Å². The van der Waals surface area contributed by atoms with Gasteiger partial charge < -0.3 is 14.2 Å². The van der Waals surface area contributed by atoms with Gasteiger partial charge in [0.25, 0.3) is 6.71 Å². The fourth-order valence-electron chi connectivity index (χ4n) is 11.6. The lowest BCUT2D eigenvalue weighted by Crippen LogP contribution is -2.61. The lowest BCUT2D eigenvalue weighted by atomic mass is 9.35. The van der Waals surface area contributed by atoms with Crippen LogP contribution in [-0.2, 0) is 27.1 Å². The second-order valence-electron chi connectivity index (χ2n) is 22.6. The molecule has 0 radical (unpaired) electrons. The molecule has 0 atom stereocenters. The van der Waals surface area contributed by atoms with E-state index in [0.717, 1.165) is 17.7 Å². The van der Waals surface area contributed by atoms with Gasteiger partial charge in [-0.05, 0) is 166 Å². The fourth-order valence-corrected chi connectivity index (χ4v) is 11.6. The molecular weight excluding hydrogens is 715 g/mol. The Bertz CT molecular complexity index is 2770. The molecule has 0 unspecified atom stereocenters. The monoisotopic (exact) mass is 779 g/mol. The minimum atomic E-state index is -0.0703. The van der Waals surface area contributed by atoms with Crippen LogP contribution in [0.5, 0.6) is 0 Å². The molecule has 59 heavy (non-hydrogen) atoms. The summed E-state index contributed by atoms with van der Waals surface area (Å²) in [5.41, 5.74) is 23.6. The highest BCUT2D eigenvalue weighted by Crippen LogP contribution is 2.55. The van der Waals surface area contributed by atoms with E-state index in [-0.39, 0.29) is 33.8 Å². The van der Waals surface area contributed by atoms with Crippen LogP contribution in [0.15, 0.2) is 83.3 Å². The van der Waals surface area contributed by atoms with Gasteiger partial charge in [-0.2, -0.15) is 0 Å². The first kappa shape index (κ1) is 38.5. The van der Waals surface area contributed by atoms with Gasteiger partial charge in [0.1, 0.15) is 5.58 Å². The number of rotatable bonds is 2. The lowest BCUT2D eigenvalue weighted by Gasteiger charge is -2.49. The van der Waals surface area contributed by atoms with Gasteiger partial charge in [0, 0.05) is 33.8 Å². The third kappa shape index (κ3) is 5.53. The number of furan rings is 1.